The van der Waals surface area contributed by atoms with Gasteiger partial charge in [-0.1, -0.05) is 24.6 Å². The van der Waals surface area contributed by atoms with Gasteiger partial charge in [0.25, 0.3) is 0 Å². The molecular weight excluding hydrogens is 298 g/mol. The average Bonchev–Trinajstić information content (AvgIpc) is 2.57. The molecule has 24 heavy (non-hydrogen) atoms. The van der Waals surface area contributed by atoms with Gasteiger partial charge in [-0.2, -0.15) is 4.98 Å². The largest absolute Gasteiger partial charge is 0.340 e. The van der Waals surface area contributed by atoms with Crippen LogP contribution in [0, 0.1) is 20.8 Å². The molecule has 1 saturated heterocycles. The van der Waals surface area contributed by atoms with Crippen LogP contribution in [0.3, 0.4) is 0 Å². The van der Waals surface area contributed by atoms with Gasteiger partial charge >= 0.3 is 0 Å². The second kappa shape index (κ2) is 7.18. The SMILES string of the molecule is CCN1CCN(c2nc(C)cc(Nc3ccc(C)cc3C)n2)CC1. The summed E-state index contributed by atoms with van der Waals surface area (Å²) >= 11 is 0. The Balaban J connectivity index is 1.79. The number of nitrogens with one attached hydrogen (secondary N) is 1. The van der Waals surface area contributed by atoms with Crippen LogP contribution in [0.4, 0.5) is 17.5 Å². The van der Waals surface area contributed by atoms with Crippen molar-refractivity contribution in [2.75, 3.05) is 42.9 Å². The minimum Gasteiger partial charge on any atom is -0.340 e. The van der Waals surface area contributed by atoms with Gasteiger partial charge in [-0.3, -0.25) is 0 Å². The zero-order chi connectivity index (χ0) is 17.1. The lowest BCUT2D eigenvalue weighted by Crippen LogP contribution is -2.46. The molecule has 0 amide bonds. The minimum atomic E-state index is 0.831. The Kier molecular flexibility index (Phi) is 5.00. The minimum absolute atomic E-state index is 0.831. The molecule has 1 aromatic carbocycles. The molecule has 5 heteroatoms. The topological polar surface area (TPSA) is 44.3 Å². The van der Waals surface area contributed by atoms with E-state index in [-0.39, 0.29) is 0 Å². The molecule has 0 spiro atoms. The number of aromatic nitrogens is 2. The van der Waals surface area contributed by atoms with Crippen LogP contribution in [-0.2, 0) is 0 Å². The van der Waals surface area contributed by atoms with E-state index in [1.165, 1.54) is 11.1 Å². The number of aryl methyl sites for hydroxylation is 3. The average molecular weight is 325 g/mol. The van der Waals surface area contributed by atoms with Gasteiger partial charge in [-0.25, -0.2) is 4.98 Å². The first kappa shape index (κ1) is 16.7. The maximum atomic E-state index is 4.75. The monoisotopic (exact) mass is 325 g/mol. The number of nitrogens with zero attached hydrogens (tertiary/aromatic N) is 4. The molecule has 2 aromatic rings. The van der Waals surface area contributed by atoms with Crippen LogP contribution in [0.2, 0.25) is 0 Å². The zero-order valence-corrected chi connectivity index (χ0v) is 15.1. The lowest BCUT2D eigenvalue weighted by atomic mass is 10.1. The summed E-state index contributed by atoms with van der Waals surface area (Å²) in [7, 11) is 0. The molecule has 0 bridgehead atoms. The van der Waals surface area contributed by atoms with E-state index in [2.05, 4.69) is 59.1 Å². The number of hydrogen-bond donors (Lipinski definition) is 1. The van der Waals surface area contributed by atoms with Crippen molar-refractivity contribution < 1.29 is 0 Å². The molecular formula is C19H27N5. The van der Waals surface area contributed by atoms with E-state index >= 15 is 0 Å². The van der Waals surface area contributed by atoms with E-state index in [9.17, 15) is 0 Å². The van der Waals surface area contributed by atoms with E-state index < -0.39 is 0 Å². The van der Waals surface area contributed by atoms with Crippen LogP contribution in [0.25, 0.3) is 0 Å². The van der Waals surface area contributed by atoms with Gasteiger partial charge in [0.1, 0.15) is 5.82 Å². The highest BCUT2D eigenvalue weighted by molar-refractivity contribution is 5.62. The van der Waals surface area contributed by atoms with Gasteiger partial charge in [0.2, 0.25) is 5.95 Å². The van der Waals surface area contributed by atoms with Crippen molar-refractivity contribution in [1.29, 1.82) is 0 Å². The third kappa shape index (κ3) is 3.85. The number of rotatable bonds is 4. The molecule has 1 fully saturated rings. The van der Waals surface area contributed by atoms with Crippen molar-refractivity contribution in [2.24, 2.45) is 0 Å². The van der Waals surface area contributed by atoms with Crippen molar-refractivity contribution in [2.45, 2.75) is 27.7 Å². The lowest BCUT2D eigenvalue weighted by Gasteiger charge is -2.34. The van der Waals surface area contributed by atoms with Gasteiger partial charge < -0.3 is 15.1 Å². The summed E-state index contributed by atoms with van der Waals surface area (Å²) < 4.78 is 0. The summed E-state index contributed by atoms with van der Waals surface area (Å²) in [6.07, 6.45) is 0. The quantitative estimate of drug-likeness (QED) is 0.934. The summed E-state index contributed by atoms with van der Waals surface area (Å²) in [5.74, 6) is 1.69. The molecule has 5 nitrogen and oxygen atoms in total. The third-order valence-corrected chi connectivity index (χ3v) is 4.59. The number of likely N-dealkylation sites (N-methyl/N-ethyl adjacent to an activating group) is 1. The molecule has 2 heterocycles. The fraction of sp³-hybridized carbons (Fsp3) is 0.474. The Bertz CT molecular complexity index is 705. The second-order valence-corrected chi connectivity index (χ2v) is 6.56. The normalized spacial score (nSPS) is 15.6. The lowest BCUT2D eigenvalue weighted by molar-refractivity contribution is 0.270. The Morgan fingerprint density at radius 2 is 1.75 bits per heavy atom. The predicted molar refractivity (Wildman–Crippen MR) is 100 cm³/mol. The molecule has 1 aliphatic heterocycles. The number of piperazine rings is 1. The van der Waals surface area contributed by atoms with Gasteiger partial charge in [-0.15, -0.1) is 0 Å². The van der Waals surface area contributed by atoms with Crippen molar-refractivity contribution >= 4 is 17.5 Å². The van der Waals surface area contributed by atoms with Crippen molar-refractivity contribution in [3.63, 3.8) is 0 Å². The molecule has 0 saturated carbocycles. The number of anilines is 3. The summed E-state index contributed by atoms with van der Waals surface area (Å²) in [5, 5.41) is 3.45. The maximum absolute atomic E-state index is 4.75. The summed E-state index contributed by atoms with van der Waals surface area (Å²) in [6.45, 7) is 13.7. The Labute approximate surface area is 144 Å². The molecule has 0 atom stereocenters. The smallest absolute Gasteiger partial charge is 0.227 e. The van der Waals surface area contributed by atoms with Crippen LogP contribution in [-0.4, -0.2) is 47.6 Å². The summed E-state index contributed by atoms with van der Waals surface area (Å²) in [4.78, 5) is 14.1. The molecule has 0 aliphatic carbocycles. The van der Waals surface area contributed by atoms with E-state index in [0.717, 1.165) is 55.9 Å². The van der Waals surface area contributed by atoms with Crippen molar-refractivity contribution in [3.05, 3.63) is 41.1 Å². The van der Waals surface area contributed by atoms with E-state index in [1.807, 2.05) is 13.0 Å². The van der Waals surface area contributed by atoms with Crippen LogP contribution in [0.15, 0.2) is 24.3 Å². The second-order valence-electron chi connectivity index (χ2n) is 6.56. The Morgan fingerprint density at radius 3 is 2.42 bits per heavy atom. The number of benzene rings is 1. The van der Waals surface area contributed by atoms with Crippen LogP contribution < -0.4 is 10.2 Å². The summed E-state index contributed by atoms with van der Waals surface area (Å²) in [5.41, 5.74) is 4.58. The van der Waals surface area contributed by atoms with E-state index in [0.29, 0.717) is 0 Å². The fourth-order valence-electron chi connectivity index (χ4n) is 3.11. The third-order valence-electron chi connectivity index (χ3n) is 4.59. The standard InChI is InChI=1S/C19H27N5/c1-5-23-8-10-24(11-9-23)19-20-16(4)13-18(22-19)21-17-7-6-14(2)12-15(17)3/h6-7,12-13H,5,8-11H2,1-4H3,(H,20,21,22). The summed E-state index contributed by atoms with van der Waals surface area (Å²) in [6, 6.07) is 8.42. The molecule has 128 valence electrons. The Morgan fingerprint density at radius 1 is 1.00 bits per heavy atom. The first-order chi connectivity index (χ1) is 11.5. The number of hydrogen-bond acceptors (Lipinski definition) is 5. The Hall–Kier alpha value is -2.14. The highest BCUT2D eigenvalue weighted by Crippen LogP contribution is 2.22. The first-order valence-corrected chi connectivity index (χ1v) is 8.72. The first-order valence-electron chi connectivity index (χ1n) is 8.72. The van der Waals surface area contributed by atoms with Crippen LogP contribution in [0.1, 0.15) is 23.7 Å². The zero-order valence-electron chi connectivity index (χ0n) is 15.1. The van der Waals surface area contributed by atoms with Gasteiger partial charge in [0.15, 0.2) is 0 Å². The molecule has 1 aliphatic rings. The van der Waals surface area contributed by atoms with Gasteiger partial charge in [0, 0.05) is 43.6 Å². The maximum Gasteiger partial charge on any atom is 0.227 e. The van der Waals surface area contributed by atoms with Crippen molar-refractivity contribution in [3.8, 4) is 0 Å². The highest BCUT2D eigenvalue weighted by Gasteiger charge is 2.18. The van der Waals surface area contributed by atoms with Gasteiger partial charge in [-0.05, 0) is 38.9 Å². The van der Waals surface area contributed by atoms with Crippen molar-refractivity contribution in [1.82, 2.24) is 14.9 Å². The highest BCUT2D eigenvalue weighted by atomic mass is 15.3. The van der Waals surface area contributed by atoms with Crippen LogP contribution in [0.5, 0.6) is 0 Å². The molecule has 0 unspecified atom stereocenters. The fourth-order valence-corrected chi connectivity index (χ4v) is 3.11. The molecule has 1 N–H and O–H groups in total. The molecule has 3 rings (SSSR count). The van der Waals surface area contributed by atoms with Gasteiger partial charge in [0.05, 0.1) is 0 Å². The van der Waals surface area contributed by atoms with E-state index in [1.54, 1.807) is 0 Å². The van der Waals surface area contributed by atoms with Crippen LogP contribution >= 0.6 is 0 Å². The molecule has 0 radical (unpaired) electrons. The molecule has 1 aromatic heterocycles. The van der Waals surface area contributed by atoms with E-state index in [4.69, 9.17) is 4.98 Å². The predicted octanol–water partition coefficient (Wildman–Crippen LogP) is 3.29.